The molecule has 28 heavy (non-hydrogen) atoms. The molecule has 0 fully saturated rings. The van der Waals surface area contributed by atoms with E-state index >= 15 is 0 Å². The van der Waals surface area contributed by atoms with Crippen molar-refractivity contribution in [3.05, 3.63) is 60.2 Å². The number of primary amides is 1. The van der Waals surface area contributed by atoms with Gasteiger partial charge >= 0.3 is 0 Å². The van der Waals surface area contributed by atoms with Gasteiger partial charge in [-0.25, -0.2) is 8.42 Å². The molecule has 2 N–H and O–H groups in total. The number of carbonyl (C=O) groups excluding carboxylic acids is 2. The van der Waals surface area contributed by atoms with Gasteiger partial charge in [0.05, 0.1) is 4.90 Å². The van der Waals surface area contributed by atoms with Gasteiger partial charge < -0.3 is 10.6 Å². The van der Waals surface area contributed by atoms with Crippen molar-refractivity contribution in [2.45, 2.75) is 31.2 Å². The fourth-order valence-electron chi connectivity index (χ4n) is 2.57. The van der Waals surface area contributed by atoms with Crippen molar-refractivity contribution in [3.63, 3.8) is 0 Å². The Morgan fingerprint density at radius 1 is 1.04 bits per heavy atom. The third-order valence-electron chi connectivity index (χ3n) is 4.38. The Hall–Kier alpha value is -2.71. The van der Waals surface area contributed by atoms with E-state index in [0.29, 0.717) is 5.69 Å². The number of rotatable bonds is 8. The molecule has 0 spiro atoms. The second kappa shape index (κ2) is 8.99. The molecule has 0 saturated heterocycles. The van der Waals surface area contributed by atoms with Crippen LogP contribution in [0, 0.1) is 0 Å². The first-order valence-electron chi connectivity index (χ1n) is 8.88. The number of para-hydroxylation sites is 1. The minimum Gasteiger partial charge on any atom is -0.370 e. The number of hydrogen-bond acceptors (Lipinski definition) is 4. The molecule has 0 radical (unpaired) electrons. The molecule has 7 nitrogen and oxygen atoms in total. The number of anilines is 1. The maximum Gasteiger partial charge on any atom is 0.258 e. The first-order valence-corrected chi connectivity index (χ1v) is 10.3. The second-order valence-corrected chi connectivity index (χ2v) is 8.65. The lowest BCUT2D eigenvalue weighted by Crippen LogP contribution is -2.35. The van der Waals surface area contributed by atoms with Gasteiger partial charge in [0.25, 0.3) is 5.91 Å². The highest BCUT2D eigenvalue weighted by Gasteiger charge is 2.25. The summed E-state index contributed by atoms with van der Waals surface area (Å²) in [7, 11) is -2.22. The highest BCUT2D eigenvalue weighted by molar-refractivity contribution is 7.89. The van der Waals surface area contributed by atoms with E-state index < -0.39 is 21.8 Å². The van der Waals surface area contributed by atoms with Crippen molar-refractivity contribution < 1.29 is 18.0 Å². The molecule has 0 bridgehead atoms. The van der Waals surface area contributed by atoms with Crippen molar-refractivity contribution in [3.8, 4) is 0 Å². The smallest absolute Gasteiger partial charge is 0.258 e. The summed E-state index contributed by atoms with van der Waals surface area (Å²) in [4.78, 5) is 25.8. The normalized spacial score (nSPS) is 11.6. The Morgan fingerprint density at radius 3 is 2.25 bits per heavy atom. The van der Waals surface area contributed by atoms with Gasteiger partial charge in [-0.05, 0) is 44.2 Å². The Labute approximate surface area is 165 Å². The summed E-state index contributed by atoms with van der Waals surface area (Å²) in [6.07, 6.45) is -0.00525. The average Bonchev–Trinajstić information content (AvgIpc) is 2.68. The average molecular weight is 404 g/mol. The van der Waals surface area contributed by atoms with E-state index in [9.17, 15) is 18.0 Å². The van der Waals surface area contributed by atoms with Gasteiger partial charge in [0.15, 0.2) is 0 Å². The van der Waals surface area contributed by atoms with E-state index in [1.54, 1.807) is 44.2 Å². The third-order valence-corrected chi connectivity index (χ3v) is 6.41. The third kappa shape index (κ3) is 4.96. The van der Waals surface area contributed by atoms with Crippen LogP contribution in [-0.2, 0) is 14.8 Å². The largest absolute Gasteiger partial charge is 0.370 e. The molecule has 8 heteroatoms. The number of nitrogens with zero attached hydrogens (tertiary/aromatic N) is 2. The second-order valence-electron chi connectivity index (χ2n) is 6.65. The first-order chi connectivity index (χ1) is 13.1. The molecule has 150 valence electrons. The maximum atomic E-state index is 13.1. The van der Waals surface area contributed by atoms with Crippen LogP contribution in [0.4, 0.5) is 5.69 Å². The number of sulfonamides is 1. The minimum atomic E-state index is -3.72. The van der Waals surface area contributed by atoms with Crippen LogP contribution in [0.15, 0.2) is 59.5 Å². The Morgan fingerprint density at radius 2 is 1.68 bits per heavy atom. The van der Waals surface area contributed by atoms with E-state index in [1.807, 2.05) is 6.07 Å². The van der Waals surface area contributed by atoms with E-state index in [4.69, 9.17) is 5.73 Å². The molecular weight excluding hydrogens is 378 g/mol. The molecule has 2 amide bonds. The molecule has 0 aromatic heterocycles. The van der Waals surface area contributed by atoms with Gasteiger partial charge in [0, 0.05) is 37.3 Å². The maximum absolute atomic E-state index is 13.1. The van der Waals surface area contributed by atoms with Gasteiger partial charge in [-0.3, -0.25) is 9.59 Å². The fourth-order valence-corrected chi connectivity index (χ4v) is 3.98. The van der Waals surface area contributed by atoms with Gasteiger partial charge in [-0.15, -0.1) is 0 Å². The van der Waals surface area contributed by atoms with Crippen LogP contribution in [0.1, 0.15) is 30.6 Å². The first kappa shape index (κ1) is 21.6. The summed E-state index contributed by atoms with van der Waals surface area (Å²) in [6.45, 7) is 3.64. The SMILES string of the molecule is CC(C)N(C)S(=O)(=O)c1cccc(C(=O)N(CCC(N)=O)c2ccccc2)c1. The highest BCUT2D eigenvalue weighted by atomic mass is 32.2. The Balaban J connectivity index is 2.41. The van der Waals surface area contributed by atoms with Crippen LogP contribution < -0.4 is 10.6 Å². The van der Waals surface area contributed by atoms with Crippen molar-refractivity contribution in [2.75, 3.05) is 18.5 Å². The number of benzene rings is 2. The van der Waals surface area contributed by atoms with E-state index in [2.05, 4.69) is 0 Å². The van der Waals surface area contributed by atoms with E-state index in [1.165, 1.54) is 34.5 Å². The zero-order chi connectivity index (χ0) is 20.9. The fraction of sp³-hybridized carbons (Fsp3) is 0.300. The lowest BCUT2D eigenvalue weighted by Gasteiger charge is -2.24. The van der Waals surface area contributed by atoms with Crippen molar-refractivity contribution in [2.24, 2.45) is 5.73 Å². The monoisotopic (exact) mass is 403 g/mol. The van der Waals surface area contributed by atoms with Crippen LogP contribution in [-0.4, -0.2) is 44.2 Å². The molecule has 2 rings (SSSR count). The summed E-state index contributed by atoms with van der Waals surface area (Å²) in [5.74, 6) is -0.930. The van der Waals surface area contributed by atoms with Gasteiger partial charge in [0.1, 0.15) is 0 Å². The quantitative estimate of drug-likeness (QED) is 0.730. The van der Waals surface area contributed by atoms with Crippen molar-refractivity contribution >= 4 is 27.5 Å². The lowest BCUT2D eigenvalue weighted by atomic mass is 10.1. The number of amides is 2. The molecule has 0 heterocycles. The number of nitrogens with two attached hydrogens (primary N) is 1. The Kier molecular flexibility index (Phi) is 6.93. The molecule has 0 aliphatic rings. The molecule has 0 saturated carbocycles. The topological polar surface area (TPSA) is 101 Å². The number of carbonyl (C=O) groups is 2. The molecule has 0 aliphatic carbocycles. The summed E-state index contributed by atoms with van der Waals surface area (Å²) in [5.41, 5.74) is 6.05. The van der Waals surface area contributed by atoms with Crippen LogP contribution in [0.5, 0.6) is 0 Å². The molecule has 2 aromatic rings. The molecule has 0 unspecified atom stereocenters. The molecule has 2 aromatic carbocycles. The standard InChI is InChI=1S/C20H25N3O4S/c1-15(2)22(3)28(26,27)18-11-7-8-16(14-18)20(25)23(13-12-19(21)24)17-9-5-4-6-10-17/h4-11,14-15H,12-13H2,1-3H3,(H2,21,24). The van der Waals surface area contributed by atoms with E-state index in [-0.39, 0.29) is 29.5 Å². The van der Waals surface area contributed by atoms with Crippen LogP contribution in [0.25, 0.3) is 0 Å². The van der Waals surface area contributed by atoms with Gasteiger partial charge in [-0.2, -0.15) is 4.31 Å². The summed E-state index contributed by atoms with van der Waals surface area (Å²) < 4.78 is 26.7. The molecule has 0 aliphatic heterocycles. The minimum absolute atomic E-state index is 0.00525. The predicted octanol–water partition coefficient (Wildman–Crippen LogP) is 2.24. The van der Waals surface area contributed by atoms with E-state index in [0.717, 1.165) is 0 Å². The summed E-state index contributed by atoms with van der Waals surface area (Å²) in [5, 5.41) is 0. The predicted molar refractivity (Wildman–Crippen MR) is 108 cm³/mol. The summed E-state index contributed by atoms with van der Waals surface area (Å²) in [6, 6.07) is 14.5. The van der Waals surface area contributed by atoms with Gasteiger partial charge in [-0.1, -0.05) is 24.3 Å². The van der Waals surface area contributed by atoms with Crippen molar-refractivity contribution in [1.29, 1.82) is 0 Å². The molecular formula is C20H25N3O4S. The highest BCUT2D eigenvalue weighted by Crippen LogP contribution is 2.21. The zero-order valence-electron chi connectivity index (χ0n) is 16.2. The molecule has 0 atom stereocenters. The van der Waals surface area contributed by atoms with Crippen LogP contribution >= 0.6 is 0 Å². The number of hydrogen-bond donors (Lipinski definition) is 1. The Bertz CT molecular complexity index is 943. The van der Waals surface area contributed by atoms with Crippen LogP contribution in [0.2, 0.25) is 0 Å². The summed E-state index contributed by atoms with van der Waals surface area (Å²) >= 11 is 0. The lowest BCUT2D eigenvalue weighted by molar-refractivity contribution is -0.117. The van der Waals surface area contributed by atoms with Crippen molar-refractivity contribution in [1.82, 2.24) is 4.31 Å². The van der Waals surface area contributed by atoms with Crippen LogP contribution in [0.3, 0.4) is 0 Å². The zero-order valence-corrected chi connectivity index (χ0v) is 17.0. The van der Waals surface area contributed by atoms with Gasteiger partial charge in [0.2, 0.25) is 15.9 Å².